The molecule has 0 unspecified atom stereocenters. The molecule has 0 aromatic carbocycles. The molecule has 1 aliphatic heterocycles. The van der Waals surface area contributed by atoms with E-state index >= 15 is 0 Å². The van der Waals surface area contributed by atoms with Gasteiger partial charge in [-0.2, -0.15) is 0 Å². The van der Waals surface area contributed by atoms with Gasteiger partial charge in [0.25, 0.3) is 0 Å². The highest BCUT2D eigenvalue weighted by Crippen LogP contribution is 2.73. The van der Waals surface area contributed by atoms with Gasteiger partial charge in [-0.3, -0.25) is 4.79 Å². The molecule has 1 heterocycles. The Labute approximate surface area is 144 Å². The maximum Gasteiger partial charge on any atom is 0.164 e. The van der Waals surface area contributed by atoms with Crippen LogP contribution in [0.4, 0.5) is 0 Å². The monoisotopic (exact) mass is 330 g/mol. The van der Waals surface area contributed by atoms with Gasteiger partial charge in [-0.1, -0.05) is 25.5 Å². The Balaban J connectivity index is 1.51. The number of aliphatic hydroxyl groups excluding tert-OH is 1. The number of aliphatic hydroxyl groups is 1. The minimum absolute atomic E-state index is 0.0422. The van der Waals surface area contributed by atoms with Crippen molar-refractivity contribution in [2.75, 3.05) is 0 Å². The van der Waals surface area contributed by atoms with E-state index < -0.39 is 5.60 Å². The van der Waals surface area contributed by atoms with Gasteiger partial charge in [0.1, 0.15) is 0 Å². The van der Waals surface area contributed by atoms with Crippen molar-refractivity contribution in [3.05, 3.63) is 11.6 Å². The van der Waals surface area contributed by atoms with Gasteiger partial charge >= 0.3 is 0 Å². The van der Waals surface area contributed by atoms with Crippen LogP contribution in [0.3, 0.4) is 0 Å². The van der Waals surface area contributed by atoms with Gasteiger partial charge in [0.2, 0.25) is 0 Å². The first kappa shape index (κ1) is 15.6. The molecule has 0 aromatic heterocycles. The van der Waals surface area contributed by atoms with E-state index in [0.717, 1.165) is 44.4 Å². The SMILES string of the molecule is CC(=O)[C@]12O[C@H]1C[C@H]1[C@@H]3CC=C4C[C@H](O)CC[C@]4(C)[C@H]3CC[C@]12C. The fourth-order valence-electron chi connectivity index (χ4n) is 7.71. The Hall–Kier alpha value is -0.670. The summed E-state index contributed by atoms with van der Waals surface area (Å²) < 4.78 is 6.00. The number of carbonyl (C=O) groups is 1. The number of rotatable bonds is 1. The van der Waals surface area contributed by atoms with E-state index in [4.69, 9.17) is 4.74 Å². The smallest absolute Gasteiger partial charge is 0.164 e. The molecule has 1 N–H and O–H groups in total. The minimum Gasteiger partial charge on any atom is -0.393 e. The van der Waals surface area contributed by atoms with Gasteiger partial charge < -0.3 is 9.84 Å². The van der Waals surface area contributed by atoms with Crippen LogP contribution in [-0.2, 0) is 9.53 Å². The third-order valence-corrected chi connectivity index (χ3v) is 9.03. The summed E-state index contributed by atoms with van der Waals surface area (Å²) in [7, 11) is 0. The second kappa shape index (κ2) is 4.54. The average molecular weight is 330 g/mol. The highest BCUT2D eigenvalue weighted by Gasteiger charge is 2.79. The number of Topliss-reactive ketones (excluding diaryl/α,β-unsaturated/α-hetero) is 1. The zero-order valence-corrected chi connectivity index (χ0v) is 15.2. The molecule has 4 aliphatic carbocycles. The van der Waals surface area contributed by atoms with Gasteiger partial charge in [-0.25, -0.2) is 0 Å². The van der Waals surface area contributed by atoms with Crippen LogP contribution in [0.5, 0.6) is 0 Å². The molecule has 1 saturated heterocycles. The van der Waals surface area contributed by atoms with E-state index in [1.807, 2.05) is 0 Å². The molecule has 0 spiro atoms. The number of hydrogen-bond acceptors (Lipinski definition) is 3. The van der Waals surface area contributed by atoms with Crippen LogP contribution < -0.4 is 0 Å². The lowest BCUT2D eigenvalue weighted by Crippen LogP contribution is -2.54. The second-order valence-electron chi connectivity index (χ2n) is 9.75. The molecule has 0 radical (unpaired) electrons. The van der Waals surface area contributed by atoms with Crippen molar-refractivity contribution in [2.45, 2.75) is 83.5 Å². The number of fused-ring (bicyclic) bond motifs is 7. The van der Waals surface area contributed by atoms with Crippen molar-refractivity contribution in [3.63, 3.8) is 0 Å². The first-order valence-electron chi connectivity index (χ1n) is 9.89. The molecule has 5 rings (SSSR count). The number of allylic oxidation sites excluding steroid dienone is 1. The van der Waals surface area contributed by atoms with Gasteiger partial charge in [0.05, 0.1) is 12.2 Å². The third kappa shape index (κ3) is 1.60. The molecular weight excluding hydrogens is 300 g/mol. The maximum atomic E-state index is 12.4. The third-order valence-electron chi connectivity index (χ3n) is 9.03. The minimum atomic E-state index is -0.448. The summed E-state index contributed by atoms with van der Waals surface area (Å²) in [5.74, 6) is 2.31. The van der Waals surface area contributed by atoms with Gasteiger partial charge in [0, 0.05) is 5.41 Å². The number of ether oxygens (including phenoxy) is 1. The fraction of sp³-hybridized carbons (Fsp3) is 0.857. The molecule has 5 aliphatic rings. The summed E-state index contributed by atoms with van der Waals surface area (Å²) in [6.45, 7) is 6.54. The fourth-order valence-corrected chi connectivity index (χ4v) is 7.71. The quantitative estimate of drug-likeness (QED) is 0.590. The summed E-state index contributed by atoms with van der Waals surface area (Å²) in [4.78, 5) is 12.4. The first-order chi connectivity index (χ1) is 11.3. The van der Waals surface area contributed by atoms with E-state index in [9.17, 15) is 9.90 Å². The van der Waals surface area contributed by atoms with Crippen molar-refractivity contribution in [2.24, 2.45) is 28.6 Å². The highest BCUT2D eigenvalue weighted by atomic mass is 16.6. The van der Waals surface area contributed by atoms with E-state index in [1.165, 1.54) is 12.0 Å². The Morgan fingerprint density at radius 3 is 2.79 bits per heavy atom. The Bertz CT molecular complexity index is 639. The van der Waals surface area contributed by atoms with Gasteiger partial charge in [-0.05, 0) is 75.0 Å². The van der Waals surface area contributed by atoms with Gasteiger partial charge in [-0.15, -0.1) is 0 Å². The molecule has 3 nitrogen and oxygen atoms in total. The largest absolute Gasteiger partial charge is 0.393 e. The van der Waals surface area contributed by atoms with E-state index in [1.54, 1.807) is 6.92 Å². The van der Waals surface area contributed by atoms with Crippen LogP contribution in [-0.4, -0.2) is 28.7 Å². The molecule has 132 valence electrons. The molecule has 4 fully saturated rings. The Morgan fingerprint density at radius 2 is 2.04 bits per heavy atom. The van der Waals surface area contributed by atoms with Crippen molar-refractivity contribution in [3.8, 4) is 0 Å². The Kier molecular flexibility index (Phi) is 2.94. The standard InChI is InChI=1S/C21H30O3/c1-12(22)21-18(24-21)11-17-15-5-4-13-10-14(23)6-8-19(13,2)16(15)7-9-20(17,21)3/h4,14-18,23H,5-11H2,1-3H3/t14-,15-,16+,17+,18+,19+,20-,21+/m1/s1. The maximum absolute atomic E-state index is 12.4. The number of ketones is 1. The zero-order chi connectivity index (χ0) is 16.9. The summed E-state index contributed by atoms with van der Waals surface area (Å²) >= 11 is 0. The lowest BCUT2D eigenvalue weighted by atomic mass is 9.47. The first-order valence-corrected chi connectivity index (χ1v) is 9.89. The van der Waals surface area contributed by atoms with Gasteiger partial charge in [0.15, 0.2) is 11.4 Å². The van der Waals surface area contributed by atoms with Crippen LogP contribution >= 0.6 is 0 Å². The number of hydrogen-bond donors (Lipinski definition) is 1. The lowest BCUT2D eigenvalue weighted by Gasteiger charge is -2.58. The van der Waals surface area contributed by atoms with E-state index in [0.29, 0.717) is 11.8 Å². The molecular formula is C21H30O3. The van der Waals surface area contributed by atoms with Crippen LogP contribution in [0.15, 0.2) is 11.6 Å². The Morgan fingerprint density at radius 1 is 1.25 bits per heavy atom. The van der Waals surface area contributed by atoms with Crippen LogP contribution in [0, 0.1) is 28.6 Å². The summed E-state index contributed by atoms with van der Waals surface area (Å²) in [5.41, 5.74) is 1.39. The number of carbonyl (C=O) groups excluding carboxylic acids is 1. The van der Waals surface area contributed by atoms with E-state index in [2.05, 4.69) is 19.9 Å². The number of epoxide rings is 1. The van der Waals surface area contributed by atoms with Crippen molar-refractivity contribution < 1.29 is 14.6 Å². The predicted octanol–water partition coefficient (Wildman–Crippen LogP) is 3.65. The van der Waals surface area contributed by atoms with Crippen LogP contribution in [0.25, 0.3) is 0 Å². The van der Waals surface area contributed by atoms with Crippen molar-refractivity contribution >= 4 is 5.78 Å². The van der Waals surface area contributed by atoms with Crippen molar-refractivity contribution in [1.82, 2.24) is 0 Å². The molecule has 8 atom stereocenters. The predicted molar refractivity (Wildman–Crippen MR) is 91.4 cm³/mol. The van der Waals surface area contributed by atoms with E-state index in [-0.39, 0.29) is 28.8 Å². The molecule has 3 saturated carbocycles. The zero-order valence-electron chi connectivity index (χ0n) is 15.2. The summed E-state index contributed by atoms with van der Waals surface area (Å²) in [6, 6.07) is 0. The van der Waals surface area contributed by atoms with Crippen LogP contribution in [0.1, 0.15) is 65.7 Å². The van der Waals surface area contributed by atoms with Crippen LogP contribution in [0.2, 0.25) is 0 Å². The lowest BCUT2D eigenvalue weighted by molar-refractivity contribution is -0.135. The topological polar surface area (TPSA) is 49.8 Å². The molecule has 0 aromatic rings. The second-order valence-corrected chi connectivity index (χ2v) is 9.75. The summed E-state index contributed by atoms with van der Waals surface area (Å²) in [6.07, 6.45) is 10.0. The molecule has 0 amide bonds. The van der Waals surface area contributed by atoms with Crippen molar-refractivity contribution in [1.29, 1.82) is 0 Å². The highest BCUT2D eigenvalue weighted by molar-refractivity contribution is 5.90. The average Bonchev–Trinajstić information content (AvgIpc) is 3.21. The normalized spacial score (nSPS) is 58.0. The molecule has 24 heavy (non-hydrogen) atoms. The summed E-state index contributed by atoms with van der Waals surface area (Å²) in [5, 5.41) is 10.1. The molecule has 0 bridgehead atoms. The molecule has 3 heteroatoms.